The van der Waals surface area contributed by atoms with Crippen LogP contribution in [0.3, 0.4) is 0 Å². The number of likely N-dealkylation sites (tertiary alicyclic amines) is 1. The molecule has 152 valence electrons. The van der Waals surface area contributed by atoms with Crippen molar-refractivity contribution in [1.82, 2.24) is 9.88 Å². The number of nitro benzene ring substituents is 1. The van der Waals surface area contributed by atoms with Gasteiger partial charge in [-0.05, 0) is 62.6 Å². The SMILES string of the molecule is Cc1[nH]c2ccc([N+](=O)[O-])cc2c1CCN1CCCC(CC2CCCCC2)C1. The standard InChI is InChI=1S/C23H33N3O2/c1-17-21(22-15-20(26(27)28)9-10-23(22)24-17)11-13-25-12-5-8-19(16-25)14-18-6-3-2-4-7-18/h9-10,15,18-19,24H,2-8,11-14,16H2,1H3. The number of nitrogens with zero attached hydrogens (tertiary/aromatic N) is 2. The van der Waals surface area contributed by atoms with Crippen LogP contribution in [0.1, 0.15) is 62.6 Å². The van der Waals surface area contributed by atoms with E-state index in [-0.39, 0.29) is 10.6 Å². The van der Waals surface area contributed by atoms with Crippen molar-refractivity contribution in [2.24, 2.45) is 11.8 Å². The highest BCUT2D eigenvalue weighted by atomic mass is 16.6. The summed E-state index contributed by atoms with van der Waals surface area (Å²) in [5.74, 6) is 1.83. The number of piperidine rings is 1. The van der Waals surface area contributed by atoms with Gasteiger partial charge in [-0.25, -0.2) is 0 Å². The van der Waals surface area contributed by atoms with E-state index < -0.39 is 0 Å². The van der Waals surface area contributed by atoms with E-state index in [1.807, 2.05) is 6.07 Å². The number of H-pyrrole nitrogens is 1. The molecule has 0 amide bonds. The van der Waals surface area contributed by atoms with E-state index in [9.17, 15) is 10.1 Å². The Hall–Kier alpha value is -1.88. The van der Waals surface area contributed by atoms with Gasteiger partial charge in [0.05, 0.1) is 4.92 Å². The lowest BCUT2D eigenvalue weighted by atomic mass is 9.80. The zero-order chi connectivity index (χ0) is 19.5. The highest BCUT2D eigenvalue weighted by molar-refractivity contribution is 5.86. The quantitative estimate of drug-likeness (QED) is 0.521. The lowest BCUT2D eigenvalue weighted by molar-refractivity contribution is -0.384. The minimum absolute atomic E-state index is 0.179. The van der Waals surface area contributed by atoms with Crippen LogP contribution in [0.25, 0.3) is 10.9 Å². The van der Waals surface area contributed by atoms with Gasteiger partial charge in [-0.3, -0.25) is 10.1 Å². The second-order valence-electron chi connectivity index (χ2n) is 9.01. The number of fused-ring (bicyclic) bond motifs is 1. The molecule has 4 rings (SSSR count). The Labute approximate surface area is 167 Å². The first kappa shape index (κ1) is 19.4. The fourth-order valence-corrected chi connectivity index (χ4v) is 5.52. The number of nitro groups is 1. The summed E-state index contributed by atoms with van der Waals surface area (Å²) >= 11 is 0. The Morgan fingerprint density at radius 2 is 1.93 bits per heavy atom. The molecule has 1 aromatic carbocycles. The fourth-order valence-electron chi connectivity index (χ4n) is 5.52. The van der Waals surface area contributed by atoms with Crippen LogP contribution in [0.4, 0.5) is 5.69 Å². The Kier molecular flexibility index (Phi) is 6.00. The molecule has 0 bridgehead atoms. The van der Waals surface area contributed by atoms with Crippen molar-refractivity contribution in [3.63, 3.8) is 0 Å². The summed E-state index contributed by atoms with van der Waals surface area (Å²) in [6.45, 7) is 5.57. The summed E-state index contributed by atoms with van der Waals surface area (Å²) in [5, 5.41) is 12.2. The minimum Gasteiger partial charge on any atom is -0.358 e. The Bertz CT molecular complexity index is 823. The van der Waals surface area contributed by atoms with Crippen LogP contribution in [0.2, 0.25) is 0 Å². The van der Waals surface area contributed by atoms with Gasteiger partial charge in [-0.1, -0.05) is 32.1 Å². The molecule has 1 aromatic heterocycles. The van der Waals surface area contributed by atoms with E-state index in [1.165, 1.54) is 70.0 Å². The second-order valence-corrected chi connectivity index (χ2v) is 9.01. The predicted molar refractivity (Wildman–Crippen MR) is 114 cm³/mol. The Balaban J connectivity index is 1.39. The zero-order valence-corrected chi connectivity index (χ0v) is 17.1. The number of aromatic amines is 1. The van der Waals surface area contributed by atoms with Gasteiger partial charge in [-0.2, -0.15) is 0 Å². The number of rotatable bonds is 6. The summed E-state index contributed by atoms with van der Waals surface area (Å²) in [5.41, 5.74) is 3.57. The van der Waals surface area contributed by atoms with Crippen LogP contribution in [0, 0.1) is 28.9 Å². The molecule has 2 aromatic rings. The average molecular weight is 384 g/mol. The number of hydrogen-bond acceptors (Lipinski definition) is 3. The van der Waals surface area contributed by atoms with Crippen LogP contribution in [0.5, 0.6) is 0 Å². The van der Waals surface area contributed by atoms with Crippen LogP contribution >= 0.6 is 0 Å². The maximum atomic E-state index is 11.2. The molecular formula is C23H33N3O2. The molecule has 28 heavy (non-hydrogen) atoms. The van der Waals surface area contributed by atoms with Crippen LogP contribution < -0.4 is 0 Å². The van der Waals surface area contributed by atoms with E-state index in [4.69, 9.17) is 0 Å². The summed E-state index contributed by atoms with van der Waals surface area (Å²) < 4.78 is 0. The third kappa shape index (κ3) is 4.40. The van der Waals surface area contributed by atoms with E-state index in [0.717, 1.165) is 41.4 Å². The summed E-state index contributed by atoms with van der Waals surface area (Å²) in [4.78, 5) is 16.9. The molecular weight excluding hydrogens is 350 g/mol. The van der Waals surface area contributed by atoms with Crippen molar-refractivity contribution in [2.75, 3.05) is 19.6 Å². The van der Waals surface area contributed by atoms with Gasteiger partial charge in [0.1, 0.15) is 0 Å². The van der Waals surface area contributed by atoms with Gasteiger partial charge >= 0.3 is 0 Å². The molecule has 1 atom stereocenters. The number of benzene rings is 1. The largest absolute Gasteiger partial charge is 0.358 e. The molecule has 5 heteroatoms. The molecule has 2 heterocycles. The van der Waals surface area contributed by atoms with Crippen molar-refractivity contribution < 1.29 is 4.92 Å². The van der Waals surface area contributed by atoms with Gasteiger partial charge in [-0.15, -0.1) is 0 Å². The highest BCUT2D eigenvalue weighted by Gasteiger charge is 2.24. The van der Waals surface area contributed by atoms with E-state index >= 15 is 0 Å². The molecule has 5 nitrogen and oxygen atoms in total. The average Bonchev–Trinajstić information content (AvgIpc) is 3.01. The van der Waals surface area contributed by atoms with Crippen molar-refractivity contribution in [3.8, 4) is 0 Å². The van der Waals surface area contributed by atoms with Gasteiger partial charge in [0.25, 0.3) is 5.69 Å². The first-order chi connectivity index (χ1) is 13.6. The van der Waals surface area contributed by atoms with Crippen LogP contribution in [-0.4, -0.2) is 34.4 Å². The first-order valence-electron chi connectivity index (χ1n) is 11.1. The van der Waals surface area contributed by atoms with Gasteiger partial charge < -0.3 is 9.88 Å². The number of hydrogen-bond donors (Lipinski definition) is 1. The Morgan fingerprint density at radius 3 is 2.71 bits per heavy atom. The smallest absolute Gasteiger partial charge is 0.270 e. The predicted octanol–water partition coefficient (Wildman–Crippen LogP) is 5.61. The molecule has 1 unspecified atom stereocenters. The van der Waals surface area contributed by atoms with Crippen LogP contribution in [0.15, 0.2) is 18.2 Å². The van der Waals surface area contributed by atoms with Gasteiger partial charge in [0, 0.05) is 41.8 Å². The number of aryl methyl sites for hydroxylation is 1. The first-order valence-corrected chi connectivity index (χ1v) is 11.1. The lowest BCUT2D eigenvalue weighted by Crippen LogP contribution is -2.37. The zero-order valence-electron chi connectivity index (χ0n) is 17.1. The number of non-ortho nitro benzene ring substituents is 1. The summed E-state index contributed by atoms with van der Waals surface area (Å²) in [6, 6.07) is 5.16. The molecule has 2 aliphatic rings. The van der Waals surface area contributed by atoms with E-state index in [0.29, 0.717) is 0 Å². The number of aromatic nitrogens is 1. The highest BCUT2D eigenvalue weighted by Crippen LogP contribution is 2.33. The molecule has 0 spiro atoms. The summed E-state index contributed by atoms with van der Waals surface area (Å²) in [7, 11) is 0. The second kappa shape index (κ2) is 8.64. The van der Waals surface area contributed by atoms with Crippen molar-refractivity contribution in [3.05, 3.63) is 39.6 Å². The monoisotopic (exact) mass is 383 g/mol. The van der Waals surface area contributed by atoms with Gasteiger partial charge in [0.2, 0.25) is 0 Å². The normalized spacial score (nSPS) is 22.0. The molecule has 1 saturated carbocycles. The third-order valence-electron chi connectivity index (χ3n) is 6.99. The molecule has 2 fully saturated rings. The lowest BCUT2D eigenvalue weighted by Gasteiger charge is -2.35. The Morgan fingerprint density at radius 1 is 1.14 bits per heavy atom. The third-order valence-corrected chi connectivity index (χ3v) is 6.99. The van der Waals surface area contributed by atoms with Crippen molar-refractivity contribution >= 4 is 16.6 Å². The maximum Gasteiger partial charge on any atom is 0.270 e. The molecule has 0 radical (unpaired) electrons. The van der Waals surface area contributed by atoms with Gasteiger partial charge in [0.15, 0.2) is 0 Å². The fraction of sp³-hybridized carbons (Fsp3) is 0.652. The van der Waals surface area contributed by atoms with Crippen molar-refractivity contribution in [2.45, 2.75) is 64.7 Å². The molecule has 1 aliphatic carbocycles. The number of nitrogens with one attached hydrogen (secondary N) is 1. The minimum atomic E-state index is -0.300. The summed E-state index contributed by atoms with van der Waals surface area (Å²) in [6.07, 6.45) is 12.3. The molecule has 1 saturated heterocycles. The maximum absolute atomic E-state index is 11.2. The van der Waals surface area contributed by atoms with Crippen molar-refractivity contribution in [1.29, 1.82) is 0 Å². The molecule has 1 N–H and O–H groups in total. The van der Waals surface area contributed by atoms with E-state index in [2.05, 4.69) is 16.8 Å². The van der Waals surface area contributed by atoms with E-state index in [1.54, 1.807) is 12.1 Å². The topological polar surface area (TPSA) is 62.2 Å². The molecule has 1 aliphatic heterocycles. The van der Waals surface area contributed by atoms with Crippen LogP contribution in [-0.2, 0) is 6.42 Å².